The highest BCUT2D eigenvalue weighted by Crippen LogP contribution is 2.55. The van der Waals surface area contributed by atoms with Gasteiger partial charge in [-0.05, 0) is 49.2 Å². The predicted molar refractivity (Wildman–Crippen MR) is 92.2 cm³/mol. The Morgan fingerprint density at radius 3 is 1.85 bits per heavy atom. The van der Waals surface area contributed by atoms with Gasteiger partial charge in [0.2, 0.25) is 0 Å². The fourth-order valence-electron chi connectivity index (χ4n) is 4.40. The van der Waals surface area contributed by atoms with Crippen molar-refractivity contribution >= 4 is 0 Å². The number of aromatic hydroxyl groups is 2. The molecule has 3 saturated heterocycles. The van der Waals surface area contributed by atoms with Crippen molar-refractivity contribution in [1.82, 2.24) is 4.90 Å². The summed E-state index contributed by atoms with van der Waals surface area (Å²) in [6, 6.07) is 14.1. The molecule has 2 N–H and O–H groups in total. The maximum atomic E-state index is 9.61. The van der Waals surface area contributed by atoms with E-state index >= 15 is 0 Å². The lowest BCUT2D eigenvalue weighted by molar-refractivity contribution is -0.138. The van der Waals surface area contributed by atoms with Gasteiger partial charge in [-0.15, -0.1) is 0 Å². The van der Waals surface area contributed by atoms with E-state index in [1.807, 2.05) is 38.1 Å². The number of rotatable bonds is 2. The zero-order valence-electron chi connectivity index (χ0n) is 14.6. The fourth-order valence-corrected chi connectivity index (χ4v) is 4.40. The van der Waals surface area contributed by atoms with Gasteiger partial charge in [0, 0.05) is 0 Å². The van der Waals surface area contributed by atoms with Gasteiger partial charge in [-0.1, -0.05) is 24.3 Å². The first-order chi connectivity index (χ1) is 12.4. The molecular formula is C20H21NO5. The van der Waals surface area contributed by atoms with Crippen LogP contribution in [0.5, 0.6) is 11.5 Å². The van der Waals surface area contributed by atoms with E-state index in [-0.39, 0.29) is 30.2 Å². The quantitative estimate of drug-likeness (QED) is 0.863. The number of nitrogens with zero attached hydrogens (tertiary/aromatic N) is 1. The van der Waals surface area contributed by atoms with Gasteiger partial charge in [0.25, 0.3) is 0 Å². The molecule has 0 saturated carbocycles. The Kier molecular flexibility index (Phi) is 3.22. The predicted octanol–water partition coefficient (Wildman–Crippen LogP) is 2.60. The lowest BCUT2D eigenvalue weighted by Gasteiger charge is -2.33. The van der Waals surface area contributed by atoms with E-state index in [1.165, 1.54) is 0 Å². The van der Waals surface area contributed by atoms with Crippen molar-refractivity contribution in [3.63, 3.8) is 0 Å². The number of hydrogen-bond donors (Lipinski definition) is 2. The second-order valence-corrected chi connectivity index (χ2v) is 7.48. The molecule has 5 rings (SSSR count). The normalized spacial score (nSPS) is 38.6. The average Bonchev–Trinajstić information content (AvgIpc) is 3.25. The SMILES string of the molecule is C[C@@]1(c2ccc(O)cc2)O[C@H]2CO[C@@H]3N2[C@H]1O[C@]3(C)c1ccc(O)cc1. The zero-order valence-corrected chi connectivity index (χ0v) is 14.6. The molecule has 3 aliphatic rings. The number of benzene rings is 2. The Morgan fingerprint density at radius 1 is 0.808 bits per heavy atom. The third-order valence-electron chi connectivity index (χ3n) is 5.83. The van der Waals surface area contributed by atoms with E-state index in [9.17, 15) is 10.2 Å². The largest absolute Gasteiger partial charge is 0.508 e. The Bertz CT molecular complexity index is 793. The molecule has 3 aliphatic heterocycles. The van der Waals surface area contributed by atoms with Crippen LogP contribution in [-0.4, -0.2) is 40.4 Å². The number of ether oxygens (including phenoxy) is 3. The van der Waals surface area contributed by atoms with Gasteiger partial charge >= 0.3 is 0 Å². The van der Waals surface area contributed by atoms with Crippen molar-refractivity contribution in [3.05, 3.63) is 59.7 Å². The molecule has 0 aliphatic carbocycles. The van der Waals surface area contributed by atoms with Crippen molar-refractivity contribution in [1.29, 1.82) is 0 Å². The summed E-state index contributed by atoms with van der Waals surface area (Å²) in [6.07, 6.45) is -0.757. The minimum Gasteiger partial charge on any atom is -0.508 e. The number of hydrogen-bond acceptors (Lipinski definition) is 6. The molecule has 3 heterocycles. The van der Waals surface area contributed by atoms with Crippen molar-refractivity contribution in [2.24, 2.45) is 0 Å². The van der Waals surface area contributed by atoms with Crippen LogP contribution in [-0.2, 0) is 25.4 Å². The molecule has 0 radical (unpaired) electrons. The molecule has 0 spiro atoms. The Morgan fingerprint density at radius 2 is 1.31 bits per heavy atom. The minimum atomic E-state index is -0.672. The van der Waals surface area contributed by atoms with Gasteiger partial charge in [-0.3, -0.25) is 0 Å². The highest BCUT2D eigenvalue weighted by atomic mass is 16.7. The average molecular weight is 355 g/mol. The van der Waals surface area contributed by atoms with E-state index in [2.05, 4.69) is 4.90 Å². The molecular weight excluding hydrogens is 334 g/mol. The van der Waals surface area contributed by atoms with Crippen molar-refractivity contribution in [3.8, 4) is 11.5 Å². The summed E-state index contributed by atoms with van der Waals surface area (Å²) < 4.78 is 18.9. The lowest BCUT2D eigenvalue weighted by atomic mass is 9.94. The van der Waals surface area contributed by atoms with Crippen LogP contribution in [0.1, 0.15) is 25.0 Å². The first-order valence-corrected chi connectivity index (χ1v) is 8.75. The maximum absolute atomic E-state index is 9.61. The second-order valence-electron chi connectivity index (χ2n) is 7.48. The van der Waals surface area contributed by atoms with Gasteiger partial charge in [0.15, 0.2) is 0 Å². The topological polar surface area (TPSA) is 71.4 Å². The summed E-state index contributed by atoms with van der Waals surface area (Å²) in [6.45, 7) is 4.51. The van der Waals surface area contributed by atoms with E-state index in [1.54, 1.807) is 24.3 Å². The number of phenols is 2. The molecule has 0 unspecified atom stereocenters. The molecule has 0 amide bonds. The monoisotopic (exact) mass is 355 g/mol. The van der Waals surface area contributed by atoms with Crippen LogP contribution in [0.2, 0.25) is 0 Å². The summed E-state index contributed by atoms with van der Waals surface area (Å²) in [5.74, 6) is 0.441. The Hall–Kier alpha value is -2.12. The van der Waals surface area contributed by atoms with Crippen molar-refractivity contribution < 1.29 is 24.4 Å². The lowest BCUT2D eigenvalue weighted by Crippen LogP contribution is -2.40. The van der Waals surface area contributed by atoms with Gasteiger partial charge in [0.05, 0.1) is 6.61 Å². The van der Waals surface area contributed by atoms with Crippen molar-refractivity contribution in [2.45, 2.75) is 43.7 Å². The van der Waals surface area contributed by atoms with Crippen LogP contribution in [0.25, 0.3) is 0 Å². The van der Waals surface area contributed by atoms with E-state index in [0.717, 1.165) is 11.1 Å². The standard InChI is InChI=1S/C20H21NO5/c1-19(12-3-7-14(22)8-4-12)17-21-16(11-24-17)25-20(2,18(21)26-19)13-5-9-15(23)10-6-13/h3-10,16-18,22-23H,11H2,1-2H3/t16-,17-,18-,19+,20-/m0/s1. The maximum Gasteiger partial charge on any atom is 0.149 e. The van der Waals surface area contributed by atoms with Gasteiger partial charge < -0.3 is 24.4 Å². The first-order valence-electron chi connectivity index (χ1n) is 8.75. The van der Waals surface area contributed by atoms with E-state index < -0.39 is 11.2 Å². The molecule has 3 fully saturated rings. The van der Waals surface area contributed by atoms with Gasteiger partial charge in [-0.2, -0.15) is 0 Å². The molecule has 0 aromatic heterocycles. The highest BCUT2D eigenvalue weighted by molar-refractivity contribution is 5.35. The number of phenolic OH excluding ortho intramolecular Hbond substituents is 2. The summed E-state index contributed by atoms with van der Waals surface area (Å²) in [7, 11) is 0. The fraction of sp³-hybridized carbons (Fsp3) is 0.400. The summed E-state index contributed by atoms with van der Waals surface area (Å²) in [5, 5.41) is 19.2. The molecule has 2 aromatic carbocycles. The third-order valence-corrected chi connectivity index (χ3v) is 5.83. The van der Waals surface area contributed by atoms with Crippen LogP contribution < -0.4 is 0 Å². The van der Waals surface area contributed by atoms with Crippen LogP contribution in [0.4, 0.5) is 0 Å². The first kappa shape index (κ1) is 16.1. The molecule has 6 heteroatoms. The molecule has 136 valence electrons. The zero-order chi connectivity index (χ0) is 18.1. The summed E-state index contributed by atoms with van der Waals surface area (Å²) in [5.41, 5.74) is 0.552. The third kappa shape index (κ3) is 2.01. The van der Waals surface area contributed by atoms with Crippen LogP contribution in [0.15, 0.2) is 48.5 Å². The second kappa shape index (κ2) is 5.20. The Labute approximate surface area is 151 Å². The molecule has 2 aromatic rings. The smallest absolute Gasteiger partial charge is 0.149 e. The van der Waals surface area contributed by atoms with E-state index in [4.69, 9.17) is 14.2 Å². The van der Waals surface area contributed by atoms with Crippen molar-refractivity contribution in [2.75, 3.05) is 6.61 Å². The highest BCUT2D eigenvalue weighted by Gasteiger charge is 2.68. The summed E-state index contributed by atoms with van der Waals surface area (Å²) in [4.78, 5) is 2.15. The van der Waals surface area contributed by atoms with Gasteiger partial charge in [0.1, 0.15) is 41.4 Å². The van der Waals surface area contributed by atoms with Crippen LogP contribution in [0, 0.1) is 0 Å². The van der Waals surface area contributed by atoms with Gasteiger partial charge in [-0.25, -0.2) is 4.90 Å². The molecule has 0 bridgehead atoms. The Balaban J connectivity index is 1.56. The molecule has 6 nitrogen and oxygen atoms in total. The van der Waals surface area contributed by atoms with Crippen LogP contribution in [0.3, 0.4) is 0 Å². The molecule has 26 heavy (non-hydrogen) atoms. The minimum absolute atomic E-state index is 0.178. The van der Waals surface area contributed by atoms with E-state index in [0.29, 0.717) is 6.61 Å². The summed E-state index contributed by atoms with van der Waals surface area (Å²) >= 11 is 0. The van der Waals surface area contributed by atoms with Crippen LogP contribution >= 0.6 is 0 Å². The molecule has 5 atom stereocenters.